The van der Waals surface area contributed by atoms with Gasteiger partial charge in [0.2, 0.25) is 21.8 Å². The Morgan fingerprint density at radius 1 is 1.00 bits per heavy atom. The summed E-state index contributed by atoms with van der Waals surface area (Å²) in [5.41, 5.74) is 4.57. The lowest BCUT2D eigenvalue weighted by atomic mass is 10.1. The molecule has 0 heterocycles. The lowest BCUT2D eigenvalue weighted by Crippen LogP contribution is -2.50. The summed E-state index contributed by atoms with van der Waals surface area (Å²) in [5.74, 6) is -0.326. The standard InChI is InChI=1S/C29H43N3O4S/c1-8-23(5)30-29(34)26(9-2)31(20-25-15-10-13-21(3)19-25)28(33)17-12-18-32(37(7,35)36)27-16-11-14-22(4)24(27)6/h10-11,13-16,19,23,26H,8-9,12,17-18,20H2,1-7H3,(H,30,34)/t23-,26-/m1/s1. The van der Waals surface area contributed by atoms with Crippen LogP contribution in [0.25, 0.3) is 0 Å². The van der Waals surface area contributed by atoms with E-state index in [9.17, 15) is 18.0 Å². The zero-order chi connectivity index (χ0) is 27.8. The van der Waals surface area contributed by atoms with Crippen molar-refractivity contribution in [1.29, 1.82) is 0 Å². The van der Waals surface area contributed by atoms with Gasteiger partial charge in [0.1, 0.15) is 6.04 Å². The van der Waals surface area contributed by atoms with Crippen LogP contribution < -0.4 is 9.62 Å². The molecule has 8 heteroatoms. The van der Waals surface area contributed by atoms with Crippen molar-refractivity contribution >= 4 is 27.5 Å². The largest absolute Gasteiger partial charge is 0.352 e. The van der Waals surface area contributed by atoms with E-state index in [1.54, 1.807) is 11.0 Å². The molecule has 0 radical (unpaired) electrons. The van der Waals surface area contributed by atoms with Gasteiger partial charge in [-0.05, 0) is 69.7 Å². The minimum Gasteiger partial charge on any atom is -0.352 e. The molecule has 37 heavy (non-hydrogen) atoms. The fourth-order valence-corrected chi connectivity index (χ4v) is 5.37. The third kappa shape index (κ3) is 8.59. The van der Waals surface area contributed by atoms with Crippen molar-refractivity contribution in [2.75, 3.05) is 17.1 Å². The van der Waals surface area contributed by atoms with Gasteiger partial charge < -0.3 is 10.2 Å². The van der Waals surface area contributed by atoms with E-state index in [2.05, 4.69) is 5.32 Å². The summed E-state index contributed by atoms with van der Waals surface area (Å²) in [7, 11) is -3.54. The molecule has 204 valence electrons. The highest BCUT2D eigenvalue weighted by Gasteiger charge is 2.29. The summed E-state index contributed by atoms with van der Waals surface area (Å²) < 4.78 is 26.6. The molecule has 1 N–H and O–H groups in total. The molecule has 7 nitrogen and oxygen atoms in total. The van der Waals surface area contributed by atoms with Crippen LogP contribution in [0, 0.1) is 20.8 Å². The van der Waals surface area contributed by atoms with E-state index >= 15 is 0 Å². The van der Waals surface area contributed by atoms with Crippen molar-refractivity contribution in [3.8, 4) is 0 Å². The number of anilines is 1. The van der Waals surface area contributed by atoms with Gasteiger partial charge in [-0.2, -0.15) is 0 Å². The first kappa shape index (κ1) is 30.4. The minimum atomic E-state index is -3.54. The predicted molar refractivity (Wildman–Crippen MR) is 151 cm³/mol. The van der Waals surface area contributed by atoms with Crippen molar-refractivity contribution in [1.82, 2.24) is 10.2 Å². The summed E-state index contributed by atoms with van der Waals surface area (Å²) in [4.78, 5) is 28.3. The summed E-state index contributed by atoms with van der Waals surface area (Å²) in [6, 6.07) is 12.9. The molecule has 0 aromatic heterocycles. The van der Waals surface area contributed by atoms with E-state index in [0.717, 1.165) is 28.7 Å². The number of amides is 2. The zero-order valence-electron chi connectivity index (χ0n) is 23.4. The topological polar surface area (TPSA) is 86.8 Å². The molecule has 0 spiro atoms. The van der Waals surface area contributed by atoms with Gasteiger partial charge in [0.15, 0.2) is 0 Å². The highest BCUT2D eigenvalue weighted by atomic mass is 32.2. The second kappa shape index (κ2) is 13.6. The second-order valence-corrected chi connectivity index (χ2v) is 11.8. The first-order valence-corrected chi connectivity index (χ1v) is 14.9. The van der Waals surface area contributed by atoms with E-state index in [4.69, 9.17) is 0 Å². The molecule has 2 atom stereocenters. The van der Waals surface area contributed by atoms with Crippen LogP contribution in [0.15, 0.2) is 42.5 Å². The Bertz CT molecular complexity index is 1180. The molecule has 2 amide bonds. The third-order valence-corrected chi connectivity index (χ3v) is 8.00. The molecule has 0 saturated heterocycles. The summed E-state index contributed by atoms with van der Waals surface area (Å²) in [6.45, 7) is 12.2. The fourth-order valence-electron chi connectivity index (χ4n) is 4.36. The Kier molecular flexibility index (Phi) is 11.2. The smallest absolute Gasteiger partial charge is 0.243 e. The van der Waals surface area contributed by atoms with E-state index in [1.165, 1.54) is 10.6 Å². The molecular weight excluding hydrogens is 486 g/mol. The number of benzene rings is 2. The normalized spacial score (nSPS) is 13.1. The molecule has 0 fully saturated rings. The van der Waals surface area contributed by atoms with E-state index in [-0.39, 0.29) is 30.8 Å². The Hall–Kier alpha value is -2.87. The van der Waals surface area contributed by atoms with E-state index < -0.39 is 16.1 Å². The van der Waals surface area contributed by atoms with Gasteiger partial charge >= 0.3 is 0 Å². The minimum absolute atomic E-state index is 0.0124. The van der Waals surface area contributed by atoms with Crippen LogP contribution in [0.1, 0.15) is 68.7 Å². The van der Waals surface area contributed by atoms with Gasteiger partial charge in [-0.15, -0.1) is 0 Å². The lowest BCUT2D eigenvalue weighted by molar-refractivity contribution is -0.141. The molecule has 0 aliphatic heterocycles. The predicted octanol–water partition coefficient (Wildman–Crippen LogP) is 4.88. The number of hydrogen-bond donors (Lipinski definition) is 1. The molecular formula is C29H43N3O4S. The number of rotatable bonds is 13. The van der Waals surface area contributed by atoms with Crippen LogP contribution in [0.5, 0.6) is 0 Å². The first-order valence-electron chi connectivity index (χ1n) is 13.1. The number of sulfonamides is 1. The van der Waals surface area contributed by atoms with Gasteiger partial charge in [-0.25, -0.2) is 8.42 Å². The highest BCUT2D eigenvalue weighted by Crippen LogP contribution is 2.25. The second-order valence-electron chi connectivity index (χ2n) is 9.91. The summed E-state index contributed by atoms with van der Waals surface area (Å²) >= 11 is 0. The van der Waals surface area contributed by atoms with Crippen LogP contribution in [0.2, 0.25) is 0 Å². The van der Waals surface area contributed by atoms with Gasteiger partial charge in [-0.1, -0.05) is 55.8 Å². The third-order valence-electron chi connectivity index (χ3n) is 6.82. The van der Waals surface area contributed by atoms with Gasteiger partial charge in [0.25, 0.3) is 0 Å². The zero-order valence-corrected chi connectivity index (χ0v) is 24.2. The number of nitrogens with zero attached hydrogens (tertiary/aromatic N) is 2. The quantitative estimate of drug-likeness (QED) is 0.401. The van der Waals surface area contributed by atoms with Crippen LogP contribution in [0.4, 0.5) is 5.69 Å². The lowest BCUT2D eigenvalue weighted by Gasteiger charge is -2.32. The average molecular weight is 530 g/mol. The molecule has 0 unspecified atom stereocenters. The van der Waals surface area contributed by atoms with Crippen molar-refractivity contribution in [3.63, 3.8) is 0 Å². The number of nitrogens with one attached hydrogen (secondary N) is 1. The average Bonchev–Trinajstić information content (AvgIpc) is 2.82. The Balaban J connectivity index is 2.26. The molecule has 0 saturated carbocycles. The molecule has 0 aliphatic carbocycles. The number of hydrogen-bond acceptors (Lipinski definition) is 4. The number of aryl methyl sites for hydroxylation is 2. The van der Waals surface area contributed by atoms with Crippen molar-refractivity contribution in [3.05, 3.63) is 64.7 Å². The summed E-state index contributed by atoms with van der Waals surface area (Å²) in [5, 5.41) is 3.02. The maximum Gasteiger partial charge on any atom is 0.243 e. The molecule has 2 aromatic rings. The van der Waals surface area contributed by atoms with Crippen LogP contribution >= 0.6 is 0 Å². The van der Waals surface area contributed by atoms with Crippen molar-refractivity contribution in [2.24, 2.45) is 0 Å². The Morgan fingerprint density at radius 2 is 1.68 bits per heavy atom. The first-order chi connectivity index (χ1) is 17.4. The van der Waals surface area contributed by atoms with Crippen LogP contribution in [0.3, 0.4) is 0 Å². The van der Waals surface area contributed by atoms with E-state index in [1.807, 2.05) is 77.9 Å². The van der Waals surface area contributed by atoms with Crippen molar-refractivity contribution in [2.45, 2.75) is 85.9 Å². The van der Waals surface area contributed by atoms with Gasteiger partial charge in [0, 0.05) is 25.6 Å². The summed E-state index contributed by atoms with van der Waals surface area (Å²) in [6.07, 6.45) is 2.95. The fraction of sp³-hybridized carbons (Fsp3) is 0.517. The number of carbonyl (C=O) groups excluding carboxylic acids is 2. The monoisotopic (exact) mass is 529 g/mol. The molecule has 2 aromatic carbocycles. The van der Waals surface area contributed by atoms with Crippen LogP contribution in [-0.2, 0) is 26.2 Å². The van der Waals surface area contributed by atoms with Gasteiger partial charge in [-0.3, -0.25) is 13.9 Å². The number of carbonyl (C=O) groups is 2. The maximum atomic E-state index is 13.6. The maximum absolute atomic E-state index is 13.6. The molecule has 0 aliphatic rings. The van der Waals surface area contributed by atoms with E-state index in [0.29, 0.717) is 25.1 Å². The Morgan fingerprint density at radius 3 is 2.27 bits per heavy atom. The molecule has 0 bridgehead atoms. The highest BCUT2D eigenvalue weighted by molar-refractivity contribution is 7.92. The SMILES string of the molecule is CC[C@@H](C)NC(=O)[C@@H](CC)N(Cc1cccc(C)c1)C(=O)CCCN(c1cccc(C)c1C)S(C)(=O)=O. The van der Waals surface area contributed by atoms with Crippen molar-refractivity contribution < 1.29 is 18.0 Å². The molecule has 2 rings (SSSR count). The Labute approximate surface area is 223 Å². The van der Waals surface area contributed by atoms with Gasteiger partial charge in [0.05, 0.1) is 11.9 Å². The van der Waals surface area contributed by atoms with Crippen LogP contribution in [-0.4, -0.2) is 50.0 Å².